The fourth-order valence-corrected chi connectivity index (χ4v) is 2.03. The lowest BCUT2D eigenvalue weighted by Crippen LogP contribution is -2.44. The van der Waals surface area contributed by atoms with E-state index < -0.39 is 24.0 Å². The van der Waals surface area contributed by atoms with E-state index in [4.69, 9.17) is 10.00 Å². The largest absolute Gasteiger partial charge is 0.467 e. The summed E-state index contributed by atoms with van der Waals surface area (Å²) in [5.41, 5.74) is 0.680. The van der Waals surface area contributed by atoms with Gasteiger partial charge in [-0.2, -0.15) is 5.26 Å². The normalized spacial score (nSPS) is 14.3. The third-order valence-electron chi connectivity index (χ3n) is 3.19. The van der Waals surface area contributed by atoms with Crippen LogP contribution < -0.4 is 5.32 Å². The molecule has 0 aromatic heterocycles. The number of carbonyl (C=O) groups excluding carboxylic acids is 2. The highest BCUT2D eigenvalue weighted by Gasteiger charge is 2.28. The second-order valence-electron chi connectivity index (χ2n) is 4.88. The Morgan fingerprint density at radius 2 is 1.91 bits per heavy atom. The van der Waals surface area contributed by atoms with Crippen molar-refractivity contribution in [2.24, 2.45) is 5.92 Å². The lowest BCUT2D eigenvalue weighted by atomic mass is 10.0. The number of hydrogen-bond donors (Lipinski definition) is 1. The zero-order valence-electron chi connectivity index (χ0n) is 12.9. The Hall–Kier alpha value is -2.39. The molecule has 0 aliphatic heterocycles. The van der Waals surface area contributed by atoms with Crippen molar-refractivity contribution in [2.75, 3.05) is 14.2 Å². The smallest absolute Gasteiger partial charge is 0.328 e. The second-order valence-corrected chi connectivity index (χ2v) is 4.88. The molecule has 0 aliphatic rings. The summed E-state index contributed by atoms with van der Waals surface area (Å²) in [5, 5.41) is 11.5. The Labute approximate surface area is 130 Å². The minimum atomic E-state index is -0.881. The maximum atomic E-state index is 12.3. The molecular formula is C16H20N2O4. The van der Waals surface area contributed by atoms with Crippen LogP contribution in [0.2, 0.25) is 0 Å². The molecule has 0 aliphatic carbocycles. The average Bonchev–Trinajstić information content (AvgIpc) is 2.55. The molecular weight excluding hydrogens is 284 g/mol. The molecule has 0 radical (unpaired) electrons. The molecule has 1 aromatic rings. The van der Waals surface area contributed by atoms with Gasteiger partial charge in [-0.3, -0.25) is 4.79 Å². The van der Waals surface area contributed by atoms with Gasteiger partial charge in [-0.15, -0.1) is 0 Å². The molecule has 3 atom stereocenters. The van der Waals surface area contributed by atoms with Crippen molar-refractivity contribution in [2.45, 2.75) is 25.5 Å². The molecule has 1 aromatic carbocycles. The van der Waals surface area contributed by atoms with E-state index in [-0.39, 0.29) is 12.3 Å². The van der Waals surface area contributed by atoms with Crippen LogP contribution in [0.1, 0.15) is 25.0 Å². The summed E-state index contributed by atoms with van der Waals surface area (Å²) in [6.45, 7) is 1.67. The molecule has 6 nitrogen and oxygen atoms in total. The Kier molecular flexibility index (Phi) is 7.06. The van der Waals surface area contributed by atoms with Gasteiger partial charge in [0.25, 0.3) is 5.91 Å². The van der Waals surface area contributed by atoms with Crippen molar-refractivity contribution < 1.29 is 19.1 Å². The summed E-state index contributed by atoms with van der Waals surface area (Å²) in [6.07, 6.45) is -0.647. The van der Waals surface area contributed by atoms with Crippen LogP contribution in [0.5, 0.6) is 0 Å². The number of ether oxygens (including phenoxy) is 2. The van der Waals surface area contributed by atoms with Gasteiger partial charge in [0, 0.05) is 13.0 Å². The lowest BCUT2D eigenvalue weighted by molar-refractivity contribution is -0.147. The maximum Gasteiger partial charge on any atom is 0.328 e. The van der Waals surface area contributed by atoms with E-state index in [0.717, 1.165) is 0 Å². The van der Waals surface area contributed by atoms with E-state index in [0.29, 0.717) is 5.56 Å². The summed E-state index contributed by atoms with van der Waals surface area (Å²) in [6, 6.07) is 10.1. The third-order valence-corrected chi connectivity index (χ3v) is 3.19. The highest BCUT2D eigenvalue weighted by atomic mass is 16.5. The first-order valence-corrected chi connectivity index (χ1v) is 6.89. The topological polar surface area (TPSA) is 88.4 Å². The predicted molar refractivity (Wildman–Crippen MR) is 79.5 cm³/mol. The molecule has 1 N–H and O–H groups in total. The minimum Gasteiger partial charge on any atom is -0.467 e. The molecule has 118 valence electrons. The number of esters is 1. The summed E-state index contributed by atoms with van der Waals surface area (Å²) in [4.78, 5) is 24.1. The number of methoxy groups -OCH3 is 2. The lowest BCUT2D eigenvalue weighted by Gasteiger charge is -2.21. The predicted octanol–water partition coefficient (Wildman–Crippen LogP) is 1.58. The summed E-state index contributed by atoms with van der Waals surface area (Å²) in [7, 11) is 2.66. The summed E-state index contributed by atoms with van der Waals surface area (Å²) < 4.78 is 9.89. The molecule has 6 heteroatoms. The van der Waals surface area contributed by atoms with Crippen LogP contribution in [0.4, 0.5) is 0 Å². The average molecular weight is 304 g/mol. The number of hydrogen-bond acceptors (Lipinski definition) is 5. The van der Waals surface area contributed by atoms with Gasteiger partial charge >= 0.3 is 5.97 Å². The number of rotatable bonds is 7. The molecule has 0 unspecified atom stereocenters. The maximum absolute atomic E-state index is 12.3. The molecule has 0 saturated carbocycles. The van der Waals surface area contributed by atoms with Gasteiger partial charge in [0.1, 0.15) is 6.04 Å². The van der Waals surface area contributed by atoms with E-state index >= 15 is 0 Å². The standard InChI is InChI=1S/C16H20N2O4/c1-11(10-17)9-13(16(20)22-3)18-15(19)14(21-2)12-7-5-4-6-8-12/h4-8,11,13-14H,9H2,1-3H3,(H,18,19)/t11-,13-,14-/m0/s1. The van der Waals surface area contributed by atoms with Crippen molar-refractivity contribution in [3.63, 3.8) is 0 Å². The van der Waals surface area contributed by atoms with Gasteiger partial charge in [0.2, 0.25) is 0 Å². The monoisotopic (exact) mass is 304 g/mol. The molecule has 1 amide bonds. The van der Waals surface area contributed by atoms with E-state index in [9.17, 15) is 9.59 Å². The van der Waals surface area contributed by atoms with Crippen molar-refractivity contribution in [3.05, 3.63) is 35.9 Å². The summed E-state index contributed by atoms with van der Waals surface area (Å²) >= 11 is 0. The SMILES string of the molecule is COC(=O)[C@H](C[C@H](C)C#N)NC(=O)[C@@H](OC)c1ccccc1. The highest BCUT2D eigenvalue weighted by molar-refractivity contribution is 5.87. The number of nitrogens with one attached hydrogen (secondary N) is 1. The zero-order chi connectivity index (χ0) is 16.5. The van der Waals surface area contributed by atoms with Crippen LogP contribution in [-0.4, -0.2) is 32.1 Å². The van der Waals surface area contributed by atoms with E-state index in [1.54, 1.807) is 31.2 Å². The van der Waals surface area contributed by atoms with Crippen LogP contribution >= 0.6 is 0 Å². The van der Waals surface area contributed by atoms with Gasteiger partial charge < -0.3 is 14.8 Å². The molecule has 1 rings (SSSR count). The van der Waals surface area contributed by atoms with Crippen molar-refractivity contribution in [1.82, 2.24) is 5.32 Å². The first kappa shape index (κ1) is 17.7. The van der Waals surface area contributed by atoms with Crippen LogP contribution in [0.3, 0.4) is 0 Å². The number of carbonyl (C=O) groups is 2. The first-order chi connectivity index (χ1) is 10.5. The Balaban J connectivity index is 2.85. The summed E-state index contributed by atoms with van der Waals surface area (Å²) in [5.74, 6) is -1.42. The molecule has 0 saturated heterocycles. The zero-order valence-corrected chi connectivity index (χ0v) is 12.9. The first-order valence-electron chi connectivity index (χ1n) is 6.89. The molecule has 0 spiro atoms. The van der Waals surface area contributed by atoms with Gasteiger partial charge in [-0.05, 0) is 18.9 Å². The van der Waals surface area contributed by atoms with E-state index in [1.807, 2.05) is 12.1 Å². The van der Waals surface area contributed by atoms with Gasteiger partial charge in [0.05, 0.1) is 13.2 Å². The molecule has 22 heavy (non-hydrogen) atoms. The third kappa shape index (κ3) is 4.86. The van der Waals surface area contributed by atoms with E-state index in [1.165, 1.54) is 14.2 Å². The molecule has 0 fully saturated rings. The minimum absolute atomic E-state index is 0.181. The van der Waals surface area contributed by atoms with Crippen LogP contribution in [0.25, 0.3) is 0 Å². The van der Waals surface area contributed by atoms with Gasteiger partial charge in [-0.1, -0.05) is 30.3 Å². The Morgan fingerprint density at radius 1 is 1.27 bits per heavy atom. The fourth-order valence-electron chi connectivity index (χ4n) is 2.03. The second kappa shape index (κ2) is 8.80. The quantitative estimate of drug-likeness (QED) is 0.773. The highest BCUT2D eigenvalue weighted by Crippen LogP contribution is 2.17. The number of benzene rings is 1. The van der Waals surface area contributed by atoms with Crippen LogP contribution in [0.15, 0.2) is 30.3 Å². The van der Waals surface area contributed by atoms with Gasteiger partial charge in [0.15, 0.2) is 6.10 Å². The van der Waals surface area contributed by atoms with Crippen LogP contribution in [0, 0.1) is 17.2 Å². The Bertz CT molecular complexity index is 539. The number of nitriles is 1. The Morgan fingerprint density at radius 3 is 2.41 bits per heavy atom. The van der Waals surface area contributed by atoms with Crippen molar-refractivity contribution >= 4 is 11.9 Å². The molecule has 0 bridgehead atoms. The van der Waals surface area contributed by atoms with Gasteiger partial charge in [-0.25, -0.2) is 4.79 Å². The van der Waals surface area contributed by atoms with Crippen molar-refractivity contribution in [1.29, 1.82) is 5.26 Å². The van der Waals surface area contributed by atoms with Crippen molar-refractivity contribution in [3.8, 4) is 6.07 Å². The number of amides is 1. The van der Waals surface area contributed by atoms with E-state index in [2.05, 4.69) is 10.1 Å². The molecule has 0 heterocycles. The van der Waals surface area contributed by atoms with Crippen LogP contribution in [-0.2, 0) is 19.1 Å². The number of nitrogens with zero attached hydrogens (tertiary/aromatic N) is 1. The fraction of sp³-hybridized carbons (Fsp3) is 0.438.